The van der Waals surface area contributed by atoms with Crippen LogP contribution in [0.3, 0.4) is 0 Å². The molecule has 6 nitrogen and oxygen atoms in total. The molecule has 0 atom stereocenters. The molecule has 0 heterocycles. The third-order valence-electron chi connectivity index (χ3n) is 1.80. The van der Waals surface area contributed by atoms with Gasteiger partial charge >= 0.3 is 17.9 Å². The van der Waals surface area contributed by atoms with Crippen LogP contribution in [0, 0.1) is 0 Å². The highest BCUT2D eigenvalue weighted by Gasteiger charge is 2.34. The summed E-state index contributed by atoms with van der Waals surface area (Å²) in [5.74, 6) is 0. The second-order valence-corrected chi connectivity index (χ2v) is 6.51. The maximum absolute atomic E-state index is 12.0. The van der Waals surface area contributed by atoms with Crippen molar-refractivity contribution < 1.29 is 26.0 Å². The van der Waals surface area contributed by atoms with E-state index in [0.29, 0.717) is 0 Å². The van der Waals surface area contributed by atoms with Gasteiger partial charge in [0.05, 0.1) is 18.1 Å². The van der Waals surface area contributed by atoms with Gasteiger partial charge in [-0.15, -0.1) is 0 Å². The van der Waals surface area contributed by atoms with Crippen molar-refractivity contribution in [3.8, 4) is 0 Å². The average Bonchev–Trinajstić information content (AvgIpc) is 2.29. The van der Waals surface area contributed by atoms with Crippen LogP contribution < -0.4 is 0 Å². The molecule has 0 saturated heterocycles. The smallest absolute Gasteiger partial charge is 0.286 e. The van der Waals surface area contributed by atoms with E-state index in [1.807, 2.05) is 0 Å². The normalized spacial score (nSPS) is 12.6. The van der Waals surface area contributed by atoms with E-state index in [2.05, 4.69) is 3.97 Å². The van der Waals surface area contributed by atoms with Gasteiger partial charge in [-0.1, -0.05) is 18.2 Å². The topological polar surface area (TPSA) is 78.9 Å². The van der Waals surface area contributed by atoms with Crippen molar-refractivity contribution in [3.05, 3.63) is 30.3 Å². The second kappa shape index (κ2) is 6.45. The van der Waals surface area contributed by atoms with E-state index in [9.17, 15) is 13.0 Å². The third-order valence-corrected chi connectivity index (χ3v) is 5.31. The van der Waals surface area contributed by atoms with Gasteiger partial charge in [0.15, 0.2) is 0 Å². The molecule has 8 heteroatoms. The van der Waals surface area contributed by atoms with Gasteiger partial charge < -0.3 is 0 Å². The van der Waals surface area contributed by atoms with Gasteiger partial charge in [0.2, 0.25) is 0 Å². The summed E-state index contributed by atoms with van der Waals surface area (Å²) in [6.07, 6.45) is 0. The van der Waals surface area contributed by atoms with Crippen molar-refractivity contribution in [2.24, 2.45) is 0 Å². The fraction of sp³-hybridized carbons (Fsp3) is 0.400. The predicted octanol–water partition coefficient (Wildman–Crippen LogP) is 2.57. The lowest BCUT2D eigenvalue weighted by Gasteiger charge is -2.15. The van der Waals surface area contributed by atoms with Gasteiger partial charge in [-0.25, -0.2) is 4.57 Å². The van der Waals surface area contributed by atoms with Crippen LogP contribution in [-0.2, 0) is 27.7 Å². The highest BCUT2D eigenvalue weighted by atomic mass is 32.2. The van der Waals surface area contributed by atoms with Crippen molar-refractivity contribution in [1.29, 1.82) is 0 Å². The monoisotopic (exact) mass is 294 g/mol. The van der Waals surface area contributed by atoms with Crippen molar-refractivity contribution in [1.82, 2.24) is 0 Å². The highest BCUT2D eigenvalue weighted by molar-refractivity contribution is 7.90. The van der Waals surface area contributed by atoms with Crippen LogP contribution in [0.15, 0.2) is 35.2 Å². The number of hydrogen-bond acceptors (Lipinski definition) is 6. The molecule has 102 valence electrons. The van der Waals surface area contributed by atoms with Crippen LogP contribution >= 0.6 is 7.82 Å². The standard InChI is InChI=1S/C10H15O6PS/c1-3-14-17(11,15-4-2)16-18(12,13)10-8-6-5-7-9-10/h5-9H,3-4H2,1-2H3. The van der Waals surface area contributed by atoms with E-state index in [1.165, 1.54) is 24.3 Å². The van der Waals surface area contributed by atoms with E-state index >= 15 is 0 Å². The predicted molar refractivity (Wildman–Crippen MR) is 65.6 cm³/mol. The summed E-state index contributed by atoms with van der Waals surface area (Å²) in [5, 5.41) is 0. The first-order valence-electron chi connectivity index (χ1n) is 5.34. The fourth-order valence-electron chi connectivity index (χ4n) is 1.15. The number of hydrogen-bond donors (Lipinski definition) is 0. The van der Waals surface area contributed by atoms with E-state index < -0.39 is 17.9 Å². The Morgan fingerprint density at radius 2 is 1.56 bits per heavy atom. The Morgan fingerprint density at radius 3 is 2.00 bits per heavy atom. The van der Waals surface area contributed by atoms with E-state index in [1.54, 1.807) is 19.9 Å². The van der Waals surface area contributed by atoms with Crippen LogP contribution in [0.2, 0.25) is 0 Å². The van der Waals surface area contributed by atoms with Crippen molar-refractivity contribution in [2.75, 3.05) is 13.2 Å². The SMILES string of the molecule is CCOP(=O)(OCC)OS(=O)(=O)c1ccccc1. The van der Waals surface area contributed by atoms with E-state index in [-0.39, 0.29) is 18.1 Å². The van der Waals surface area contributed by atoms with Crippen LogP contribution in [-0.4, -0.2) is 21.6 Å². The Kier molecular flexibility index (Phi) is 5.49. The summed E-state index contributed by atoms with van der Waals surface area (Å²) in [4.78, 5) is -0.107. The zero-order chi connectivity index (χ0) is 13.6. The van der Waals surface area contributed by atoms with Crippen LogP contribution in [0.25, 0.3) is 0 Å². The van der Waals surface area contributed by atoms with Crippen molar-refractivity contribution in [3.63, 3.8) is 0 Å². The number of phosphoric acid groups is 1. The van der Waals surface area contributed by atoms with Crippen LogP contribution in [0.4, 0.5) is 0 Å². The van der Waals surface area contributed by atoms with Gasteiger partial charge in [0.1, 0.15) is 0 Å². The fourth-order valence-corrected chi connectivity index (χ4v) is 3.99. The quantitative estimate of drug-likeness (QED) is 0.719. The Bertz CT molecular complexity index is 502. The second-order valence-electron chi connectivity index (χ2n) is 3.12. The maximum Gasteiger partial charge on any atom is 0.489 e. The number of phosphoric ester groups is 1. The molecule has 0 amide bonds. The molecule has 0 N–H and O–H groups in total. The first kappa shape index (κ1) is 15.3. The molecule has 0 bridgehead atoms. The molecule has 0 saturated carbocycles. The van der Waals surface area contributed by atoms with Gasteiger partial charge in [-0.05, 0) is 26.0 Å². The lowest BCUT2D eigenvalue weighted by atomic mass is 10.4. The third kappa shape index (κ3) is 4.19. The molecule has 0 aliphatic rings. The molecule has 0 unspecified atom stereocenters. The summed E-state index contributed by atoms with van der Waals surface area (Å²) < 4.78 is 49.7. The van der Waals surface area contributed by atoms with Gasteiger partial charge in [-0.2, -0.15) is 12.4 Å². The molecule has 0 fully saturated rings. The Morgan fingerprint density at radius 1 is 1.06 bits per heavy atom. The summed E-state index contributed by atoms with van der Waals surface area (Å²) >= 11 is 0. The van der Waals surface area contributed by atoms with Gasteiger partial charge in [0, 0.05) is 0 Å². The van der Waals surface area contributed by atoms with Crippen LogP contribution in [0.1, 0.15) is 13.8 Å². The maximum atomic E-state index is 12.0. The summed E-state index contributed by atoms with van der Waals surface area (Å²) in [6.45, 7) is 3.15. The van der Waals surface area contributed by atoms with E-state index in [4.69, 9.17) is 9.05 Å². The molecule has 1 aromatic carbocycles. The Balaban J connectivity index is 2.97. The lowest BCUT2D eigenvalue weighted by molar-refractivity contribution is 0.169. The average molecular weight is 294 g/mol. The Labute approximate surface area is 107 Å². The number of rotatable bonds is 7. The van der Waals surface area contributed by atoms with Gasteiger partial charge in [0.25, 0.3) is 0 Å². The van der Waals surface area contributed by atoms with Gasteiger partial charge in [-0.3, -0.25) is 9.05 Å². The lowest BCUT2D eigenvalue weighted by Crippen LogP contribution is -2.08. The molecule has 0 radical (unpaired) electrons. The first-order chi connectivity index (χ1) is 8.43. The Hall–Kier alpha value is -0.720. The van der Waals surface area contributed by atoms with E-state index in [0.717, 1.165) is 0 Å². The zero-order valence-corrected chi connectivity index (χ0v) is 11.8. The molecular weight excluding hydrogens is 279 g/mol. The summed E-state index contributed by atoms with van der Waals surface area (Å²) in [5.41, 5.74) is 0. The number of benzene rings is 1. The molecule has 0 spiro atoms. The molecule has 1 aromatic rings. The first-order valence-corrected chi connectivity index (χ1v) is 8.21. The minimum atomic E-state index is -4.18. The molecule has 18 heavy (non-hydrogen) atoms. The molecule has 1 rings (SSSR count). The minimum Gasteiger partial charge on any atom is -0.286 e. The minimum absolute atomic E-state index is 0.0155. The molecule has 0 aliphatic heterocycles. The highest BCUT2D eigenvalue weighted by Crippen LogP contribution is 2.51. The summed E-state index contributed by atoms with van der Waals surface area (Å²) in [7, 11) is -8.27. The van der Waals surface area contributed by atoms with Crippen molar-refractivity contribution >= 4 is 17.9 Å². The summed E-state index contributed by atoms with van der Waals surface area (Å²) in [6, 6.07) is 7.38. The van der Waals surface area contributed by atoms with Crippen LogP contribution in [0.5, 0.6) is 0 Å². The zero-order valence-electron chi connectivity index (χ0n) is 10.1. The largest absolute Gasteiger partial charge is 0.489 e. The molecule has 0 aromatic heterocycles. The molecule has 0 aliphatic carbocycles. The van der Waals surface area contributed by atoms with Crippen molar-refractivity contribution in [2.45, 2.75) is 18.7 Å². The molecular formula is C10H15O6PS.